The zero-order valence-electron chi connectivity index (χ0n) is 15.6. The minimum absolute atomic E-state index is 0.872. The van der Waals surface area contributed by atoms with Crippen LogP contribution < -0.4 is 5.32 Å². The van der Waals surface area contributed by atoms with Crippen molar-refractivity contribution < 1.29 is 4.74 Å². The number of piperazine rings is 1. The normalized spacial score (nSPS) is 19.5. The van der Waals surface area contributed by atoms with E-state index in [1.807, 2.05) is 12.4 Å². The topological polar surface area (TPSA) is 43.9 Å². The van der Waals surface area contributed by atoms with Gasteiger partial charge in [-0.1, -0.05) is 0 Å². The minimum Gasteiger partial charge on any atom is -0.379 e. The number of ether oxygens (including phenoxy) is 1. The molecule has 0 unspecified atom stereocenters. The molecule has 26 heavy (non-hydrogen) atoms. The molecule has 3 rings (SSSR count). The Bertz CT molecular complexity index is 530. The number of hydrogen-bond donors (Lipinski definition) is 1. The van der Waals surface area contributed by atoms with Crippen LogP contribution in [0.1, 0.15) is 12.0 Å². The van der Waals surface area contributed by atoms with E-state index in [1.54, 1.807) is 0 Å². The summed E-state index contributed by atoms with van der Waals surface area (Å²) < 4.78 is 5.38. The van der Waals surface area contributed by atoms with Crippen molar-refractivity contribution in [3.05, 3.63) is 30.1 Å². The van der Waals surface area contributed by atoms with E-state index in [9.17, 15) is 0 Å². The first-order chi connectivity index (χ1) is 12.8. The number of thiocarbonyl (C=S) groups is 1. The number of nitrogens with zero attached hydrogens (tertiary/aromatic N) is 4. The van der Waals surface area contributed by atoms with Gasteiger partial charge in [-0.15, -0.1) is 0 Å². The maximum absolute atomic E-state index is 5.58. The fraction of sp³-hybridized carbons (Fsp3) is 0.684. The van der Waals surface area contributed by atoms with E-state index in [1.165, 1.54) is 5.56 Å². The quantitative estimate of drug-likeness (QED) is 0.558. The van der Waals surface area contributed by atoms with Crippen molar-refractivity contribution >= 4 is 17.3 Å². The fourth-order valence-corrected chi connectivity index (χ4v) is 3.73. The Morgan fingerprint density at radius 2 is 1.69 bits per heavy atom. The number of nitrogens with one attached hydrogen (secondary N) is 1. The monoisotopic (exact) mass is 377 g/mol. The van der Waals surface area contributed by atoms with Crippen molar-refractivity contribution in [2.45, 2.75) is 12.8 Å². The molecule has 0 saturated carbocycles. The van der Waals surface area contributed by atoms with Gasteiger partial charge in [-0.2, -0.15) is 0 Å². The third-order valence-corrected chi connectivity index (χ3v) is 5.56. The molecule has 3 heterocycles. The van der Waals surface area contributed by atoms with Gasteiger partial charge in [0.25, 0.3) is 0 Å². The minimum atomic E-state index is 0.872. The maximum atomic E-state index is 5.58. The molecule has 0 spiro atoms. The molecule has 7 heteroatoms. The smallest absolute Gasteiger partial charge is 0.169 e. The summed E-state index contributed by atoms with van der Waals surface area (Å²) >= 11 is 5.58. The van der Waals surface area contributed by atoms with Gasteiger partial charge in [-0.3, -0.25) is 14.8 Å². The number of pyridine rings is 1. The van der Waals surface area contributed by atoms with Crippen LogP contribution in [-0.2, 0) is 11.2 Å². The van der Waals surface area contributed by atoms with Crippen molar-refractivity contribution in [2.75, 3.05) is 72.1 Å². The zero-order valence-corrected chi connectivity index (χ0v) is 16.4. The van der Waals surface area contributed by atoms with E-state index < -0.39 is 0 Å². The van der Waals surface area contributed by atoms with Crippen molar-refractivity contribution in [1.82, 2.24) is 25.0 Å². The standard InChI is InChI=1S/C19H31N5OS/c26-19(21-5-1-8-22-14-16-25-17-15-22)24-12-10-23(11-13-24)9-4-18-2-6-20-7-3-18/h2-3,6-7H,1,4-5,8-17H2,(H,21,26). The highest BCUT2D eigenvalue weighted by molar-refractivity contribution is 7.80. The highest BCUT2D eigenvalue weighted by atomic mass is 32.1. The molecule has 0 bridgehead atoms. The van der Waals surface area contributed by atoms with E-state index in [0.29, 0.717) is 0 Å². The van der Waals surface area contributed by atoms with Crippen LogP contribution in [0.3, 0.4) is 0 Å². The molecule has 0 radical (unpaired) electrons. The Labute approximate surface area is 162 Å². The molecule has 2 aliphatic rings. The molecule has 144 valence electrons. The van der Waals surface area contributed by atoms with Gasteiger partial charge in [-0.05, 0) is 49.3 Å². The number of morpholine rings is 1. The van der Waals surface area contributed by atoms with Crippen LogP contribution in [0, 0.1) is 0 Å². The second kappa shape index (κ2) is 10.8. The van der Waals surface area contributed by atoms with Gasteiger partial charge >= 0.3 is 0 Å². The van der Waals surface area contributed by atoms with Crippen LogP contribution in [-0.4, -0.2) is 96.9 Å². The Balaban J connectivity index is 1.26. The summed E-state index contributed by atoms with van der Waals surface area (Å²) in [7, 11) is 0. The molecule has 0 aliphatic carbocycles. The van der Waals surface area contributed by atoms with E-state index >= 15 is 0 Å². The third kappa shape index (κ3) is 6.46. The highest BCUT2D eigenvalue weighted by Crippen LogP contribution is 2.05. The van der Waals surface area contributed by atoms with Crippen LogP contribution in [0.2, 0.25) is 0 Å². The average Bonchev–Trinajstić information content (AvgIpc) is 2.71. The first kappa shape index (κ1) is 19.5. The lowest BCUT2D eigenvalue weighted by Gasteiger charge is -2.36. The lowest BCUT2D eigenvalue weighted by atomic mass is 10.2. The summed E-state index contributed by atoms with van der Waals surface area (Å²) in [4.78, 5) is 11.4. The Kier molecular flexibility index (Phi) is 8.07. The predicted octanol–water partition coefficient (Wildman–Crippen LogP) is 0.839. The molecule has 2 aliphatic heterocycles. The van der Waals surface area contributed by atoms with E-state index in [2.05, 4.69) is 37.1 Å². The fourth-order valence-electron chi connectivity index (χ4n) is 3.45. The Morgan fingerprint density at radius 1 is 1.00 bits per heavy atom. The van der Waals surface area contributed by atoms with Crippen molar-refractivity contribution in [2.24, 2.45) is 0 Å². The first-order valence-electron chi connectivity index (χ1n) is 9.75. The molecule has 2 saturated heterocycles. The van der Waals surface area contributed by atoms with Crippen LogP contribution in [0.4, 0.5) is 0 Å². The summed E-state index contributed by atoms with van der Waals surface area (Å²) in [6, 6.07) is 4.21. The molecule has 6 nitrogen and oxygen atoms in total. The predicted molar refractivity (Wildman–Crippen MR) is 108 cm³/mol. The Hall–Kier alpha value is -1.28. The van der Waals surface area contributed by atoms with Crippen LogP contribution >= 0.6 is 12.2 Å². The molecule has 0 atom stereocenters. The average molecular weight is 378 g/mol. The summed E-state index contributed by atoms with van der Waals surface area (Å²) in [5, 5.41) is 4.36. The lowest BCUT2D eigenvalue weighted by molar-refractivity contribution is 0.0375. The van der Waals surface area contributed by atoms with Crippen LogP contribution in [0.5, 0.6) is 0 Å². The van der Waals surface area contributed by atoms with Gasteiger partial charge < -0.3 is 15.0 Å². The number of hydrogen-bond acceptors (Lipinski definition) is 5. The zero-order chi connectivity index (χ0) is 18.0. The number of rotatable bonds is 7. The van der Waals surface area contributed by atoms with Gasteiger partial charge in [0.1, 0.15) is 0 Å². The summed E-state index contributed by atoms with van der Waals surface area (Å²) in [5.74, 6) is 0. The second-order valence-electron chi connectivity index (χ2n) is 6.97. The molecule has 0 aromatic carbocycles. The van der Waals surface area contributed by atoms with E-state index in [-0.39, 0.29) is 0 Å². The molecular weight excluding hydrogens is 346 g/mol. The second-order valence-corrected chi connectivity index (χ2v) is 7.36. The van der Waals surface area contributed by atoms with E-state index in [4.69, 9.17) is 17.0 Å². The van der Waals surface area contributed by atoms with Crippen molar-refractivity contribution in [1.29, 1.82) is 0 Å². The Morgan fingerprint density at radius 3 is 2.42 bits per heavy atom. The van der Waals surface area contributed by atoms with Gasteiger partial charge in [0.15, 0.2) is 5.11 Å². The highest BCUT2D eigenvalue weighted by Gasteiger charge is 2.18. The third-order valence-electron chi connectivity index (χ3n) is 5.16. The molecule has 0 amide bonds. The van der Waals surface area contributed by atoms with Gasteiger partial charge in [0.2, 0.25) is 0 Å². The lowest BCUT2D eigenvalue weighted by Crippen LogP contribution is -2.52. The molecule has 1 aromatic heterocycles. The maximum Gasteiger partial charge on any atom is 0.169 e. The summed E-state index contributed by atoms with van der Waals surface area (Å²) in [6.45, 7) is 11.3. The van der Waals surface area contributed by atoms with Crippen molar-refractivity contribution in [3.63, 3.8) is 0 Å². The van der Waals surface area contributed by atoms with E-state index in [0.717, 1.165) is 90.1 Å². The molecule has 1 aromatic rings. The number of aromatic nitrogens is 1. The summed E-state index contributed by atoms with van der Waals surface area (Å²) in [6.07, 6.45) is 5.96. The van der Waals surface area contributed by atoms with Crippen LogP contribution in [0.15, 0.2) is 24.5 Å². The molecular formula is C19H31N5OS. The van der Waals surface area contributed by atoms with Crippen molar-refractivity contribution in [3.8, 4) is 0 Å². The van der Waals surface area contributed by atoms with Gasteiger partial charge in [0.05, 0.1) is 13.2 Å². The van der Waals surface area contributed by atoms with Crippen LogP contribution in [0.25, 0.3) is 0 Å². The largest absolute Gasteiger partial charge is 0.379 e. The van der Waals surface area contributed by atoms with Gasteiger partial charge in [0, 0.05) is 64.8 Å². The first-order valence-corrected chi connectivity index (χ1v) is 10.2. The SMILES string of the molecule is S=C(NCCCN1CCOCC1)N1CCN(CCc2ccncc2)CC1. The molecule has 2 fully saturated rings. The summed E-state index contributed by atoms with van der Waals surface area (Å²) in [5.41, 5.74) is 1.36. The van der Waals surface area contributed by atoms with Gasteiger partial charge in [-0.25, -0.2) is 0 Å². The molecule has 1 N–H and O–H groups in total.